The lowest BCUT2D eigenvalue weighted by Crippen LogP contribution is -2.42. The van der Waals surface area contributed by atoms with Gasteiger partial charge in [-0.05, 0) is 29.2 Å². The van der Waals surface area contributed by atoms with E-state index in [4.69, 9.17) is 10.5 Å². The van der Waals surface area contributed by atoms with Crippen LogP contribution in [0.1, 0.15) is 22.7 Å². The van der Waals surface area contributed by atoms with Gasteiger partial charge >= 0.3 is 0 Å². The number of nitrogens with two attached hydrogens (primary N) is 1. The third-order valence-corrected chi connectivity index (χ3v) is 4.87. The normalized spacial score (nSPS) is 16.9. The van der Waals surface area contributed by atoms with Crippen LogP contribution in [0.5, 0.6) is 0 Å². The average Bonchev–Trinajstić information content (AvgIpc) is 2.66. The van der Waals surface area contributed by atoms with Crippen LogP contribution in [0.3, 0.4) is 0 Å². The molecule has 1 unspecified atom stereocenters. The maximum absolute atomic E-state index is 12.1. The SMILES string of the molecule is COCCN(C)c1ccc(CN2CCc3ccccc3C2C(N)=O)cn1. The van der Waals surface area contributed by atoms with Crippen molar-refractivity contribution in [2.75, 3.05) is 38.8 Å². The number of anilines is 1. The maximum atomic E-state index is 12.1. The number of pyridine rings is 1. The van der Waals surface area contributed by atoms with Gasteiger partial charge in [0.2, 0.25) is 5.91 Å². The van der Waals surface area contributed by atoms with Crippen molar-refractivity contribution in [2.45, 2.75) is 19.0 Å². The first-order chi connectivity index (χ1) is 12.6. The highest BCUT2D eigenvalue weighted by Gasteiger charge is 2.31. The van der Waals surface area contributed by atoms with Crippen LogP contribution in [-0.4, -0.2) is 49.6 Å². The summed E-state index contributed by atoms with van der Waals surface area (Å²) >= 11 is 0. The van der Waals surface area contributed by atoms with E-state index in [9.17, 15) is 4.79 Å². The Bertz CT molecular complexity index is 748. The first-order valence-electron chi connectivity index (χ1n) is 8.86. The second-order valence-corrected chi connectivity index (χ2v) is 6.66. The van der Waals surface area contributed by atoms with Gasteiger partial charge < -0.3 is 15.4 Å². The van der Waals surface area contributed by atoms with E-state index in [0.29, 0.717) is 13.2 Å². The Balaban J connectivity index is 1.73. The number of ether oxygens (including phenoxy) is 1. The first-order valence-corrected chi connectivity index (χ1v) is 8.86. The van der Waals surface area contributed by atoms with Gasteiger partial charge in [0, 0.05) is 40.0 Å². The standard InChI is InChI=1S/C20H26N4O2/c1-23(11-12-26-2)18-8-7-15(13-22-18)14-24-10-9-16-5-3-4-6-17(16)19(24)20(21)25/h3-8,13,19H,9-12,14H2,1-2H3,(H2,21,25). The van der Waals surface area contributed by atoms with Crippen LogP contribution in [0, 0.1) is 0 Å². The highest BCUT2D eigenvalue weighted by atomic mass is 16.5. The van der Waals surface area contributed by atoms with E-state index >= 15 is 0 Å². The van der Waals surface area contributed by atoms with Crippen molar-refractivity contribution in [1.29, 1.82) is 0 Å². The molecule has 1 aliphatic rings. The molecule has 138 valence electrons. The summed E-state index contributed by atoms with van der Waals surface area (Å²) < 4.78 is 5.10. The quantitative estimate of drug-likeness (QED) is 0.820. The molecule has 0 fully saturated rings. The van der Waals surface area contributed by atoms with Crippen LogP contribution >= 0.6 is 0 Å². The van der Waals surface area contributed by atoms with Crippen molar-refractivity contribution < 1.29 is 9.53 Å². The summed E-state index contributed by atoms with van der Waals surface area (Å²) in [6, 6.07) is 11.7. The number of carbonyl (C=O) groups is 1. The van der Waals surface area contributed by atoms with E-state index in [1.165, 1.54) is 5.56 Å². The maximum Gasteiger partial charge on any atom is 0.239 e. The van der Waals surface area contributed by atoms with E-state index < -0.39 is 0 Å². The Morgan fingerprint density at radius 3 is 2.85 bits per heavy atom. The molecule has 0 saturated carbocycles. The summed E-state index contributed by atoms with van der Waals surface area (Å²) in [7, 11) is 3.68. The fourth-order valence-electron chi connectivity index (χ4n) is 3.44. The van der Waals surface area contributed by atoms with Crippen molar-refractivity contribution in [3.8, 4) is 0 Å². The van der Waals surface area contributed by atoms with Crippen LogP contribution in [0.25, 0.3) is 0 Å². The molecule has 2 heterocycles. The minimum absolute atomic E-state index is 0.305. The highest BCUT2D eigenvalue weighted by molar-refractivity contribution is 5.82. The van der Waals surface area contributed by atoms with Gasteiger partial charge in [0.25, 0.3) is 0 Å². The largest absolute Gasteiger partial charge is 0.383 e. The van der Waals surface area contributed by atoms with Gasteiger partial charge in [0.15, 0.2) is 0 Å². The Morgan fingerprint density at radius 2 is 2.15 bits per heavy atom. The van der Waals surface area contributed by atoms with Gasteiger partial charge in [-0.3, -0.25) is 9.69 Å². The molecule has 0 aliphatic carbocycles. The van der Waals surface area contributed by atoms with E-state index in [-0.39, 0.29) is 11.9 Å². The summed E-state index contributed by atoms with van der Waals surface area (Å²) in [4.78, 5) is 20.8. The third kappa shape index (κ3) is 4.03. The van der Waals surface area contributed by atoms with Gasteiger partial charge in [0.1, 0.15) is 11.9 Å². The Morgan fingerprint density at radius 1 is 1.35 bits per heavy atom. The minimum Gasteiger partial charge on any atom is -0.383 e. The van der Waals surface area contributed by atoms with Crippen LogP contribution in [-0.2, 0) is 22.5 Å². The number of hydrogen-bond acceptors (Lipinski definition) is 5. The monoisotopic (exact) mass is 354 g/mol. The second kappa shape index (κ2) is 8.29. The molecule has 1 aliphatic heterocycles. The fraction of sp³-hybridized carbons (Fsp3) is 0.400. The number of methoxy groups -OCH3 is 1. The summed E-state index contributed by atoms with van der Waals surface area (Å²) in [5.74, 6) is 0.599. The molecule has 2 N–H and O–H groups in total. The zero-order valence-electron chi connectivity index (χ0n) is 15.4. The molecular formula is C20H26N4O2. The third-order valence-electron chi connectivity index (χ3n) is 4.87. The zero-order chi connectivity index (χ0) is 18.5. The lowest BCUT2D eigenvalue weighted by Gasteiger charge is -2.35. The summed E-state index contributed by atoms with van der Waals surface area (Å²) in [6.07, 6.45) is 2.79. The number of amides is 1. The molecule has 0 saturated heterocycles. The summed E-state index contributed by atoms with van der Waals surface area (Å²) in [5.41, 5.74) is 9.02. The van der Waals surface area contributed by atoms with Gasteiger partial charge in [-0.1, -0.05) is 30.3 Å². The molecule has 1 atom stereocenters. The molecule has 1 amide bonds. The number of nitrogens with zero attached hydrogens (tertiary/aromatic N) is 3. The van der Waals surface area contributed by atoms with Gasteiger partial charge in [-0.15, -0.1) is 0 Å². The van der Waals surface area contributed by atoms with Crippen molar-refractivity contribution >= 4 is 11.7 Å². The lowest BCUT2D eigenvalue weighted by molar-refractivity contribution is -0.124. The first kappa shape index (κ1) is 18.4. The molecule has 0 bridgehead atoms. The predicted octanol–water partition coefficient (Wildman–Crippen LogP) is 1.75. The number of fused-ring (bicyclic) bond motifs is 1. The molecule has 0 radical (unpaired) electrons. The van der Waals surface area contributed by atoms with Crippen LogP contribution in [0.4, 0.5) is 5.82 Å². The van der Waals surface area contributed by atoms with Crippen molar-refractivity contribution in [3.05, 3.63) is 59.3 Å². The summed E-state index contributed by atoms with van der Waals surface area (Å²) in [6.45, 7) is 2.90. The van der Waals surface area contributed by atoms with Crippen LogP contribution in [0.15, 0.2) is 42.6 Å². The molecule has 3 rings (SSSR count). The Kier molecular flexibility index (Phi) is 5.85. The van der Waals surface area contributed by atoms with Gasteiger partial charge in [-0.25, -0.2) is 4.98 Å². The van der Waals surface area contributed by atoms with Crippen LogP contribution < -0.4 is 10.6 Å². The van der Waals surface area contributed by atoms with Crippen molar-refractivity contribution in [1.82, 2.24) is 9.88 Å². The molecule has 1 aromatic carbocycles. The molecule has 1 aromatic heterocycles. The average molecular weight is 354 g/mol. The number of rotatable bonds is 7. The van der Waals surface area contributed by atoms with E-state index in [1.54, 1.807) is 7.11 Å². The Labute approximate surface area is 154 Å². The predicted molar refractivity (Wildman–Crippen MR) is 102 cm³/mol. The van der Waals surface area contributed by atoms with Crippen LogP contribution in [0.2, 0.25) is 0 Å². The summed E-state index contributed by atoms with van der Waals surface area (Å²) in [5, 5.41) is 0. The zero-order valence-corrected chi connectivity index (χ0v) is 15.4. The number of aromatic nitrogens is 1. The Hall–Kier alpha value is -2.44. The molecule has 6 heteroatoms. The topological polar surface area (TPSA) is 71.7 Å². The van der Waals surface area contributed by atoms with Gasteiger partial charge in [0.05, 0.1) is 6.61 Å². The fourth-order valence-corrected chi connectivity index (χ4v) is 3.44. The van der Waals surface area contributed by atoms with Crippen molar-refractivity contribution in [3.63, 3.8) is 0 Å². The van der Waals surface area contributed by atoms with Crippen molar-refractivity contribution in [2.24, 2.45) is 5.73 Å². The highest BCUT2D eigenvalue weighted by Crippen LogP contribution is 2.30. The molecular weight excluding hydrogens is 328 g/mol. The molecule has 6 nitrogen and oxygen atoms in total. The number of benzene rings is 1. The number of primary amides is 1. The number of hydrogen-bond donors (Lipinski definition) is 1. The molecule has 0 spiro atoms. The number of carbonyl (C=O) groups excluding carboxylic acids is 1. The smallest absolute Gasteiger partial charge is 0.239 e. The van der Waals surface area contributed by atoms with Gasteiger partial charge in [-0.2, -0.15) is 0 Å². The number of likely N-dealkylation sites (N-methyl/N-ethyl adjacent to an activating group) is 1. The molecule has 2 aromatic rings. The second-order valence-electron chi connectivity index (χ2n) is 6.66. The minimum atomic E-state index is -0.385. The van der Waals surface area contributed by atoms with E-state index in [1.807, 2.05) is 37.5 Å². The molecule has 26 heavy (non-hydrogen) atoms. The lowest BCUT2D eigenvalue weighted by atomic mass is 9.92. The van der Waals surface area contributed by atoms with E-state index in [0.717, 1.165) is 36.5 Å². The van der Waals surface area contributed by atoms with E-state index in [2.05, 4.69) is 26.9 Å².